The van der Waals surface area contributed by atoms with Crippen molar-refractivity contribution in [2.75, 3.05) is 6.54 Å². The fraction of sp³-hybridized carbons (Fsp3) is 0.375. The van der Waals surface area contributed by atoms with Crippen LogP contribution in [0.25, 0.3) is 0 Å². The molecule has 5 N–H and O–H groups in total. The van der Waals surface area contributed by atoms with Gasteiger partial charge in [-0.3, -0.25) is 14.4 Å². The number of fused-ring (bicyclic) bond motifs is 1. The number of amides is 2. The quantitative estimate of drug-likeness (QED) is 0.516. The number of aryl methyl sites for hydroxylation is 2. The minimum absolute atomic E-state index is 0.00764. The molecule has 0 aromatic heterocycles. The Bertz CT molecular complexity index is 1010. The number of nitrogens with two attached hydrogens (primary N) is 1. The number of aliphatic carboxylic acids is 1. The van der Waals surface area contributed by atoms with E-state index in [1.165, 1.54) is 4.90 Å². The van der Waals surface area contributed by atoms with Crippen molar-refractivity contribution in [2.45, 2.75) is 51.7 Å². The first-order valence-electron chi connectivity index (χ1n) is 10.6. The topological polar surface area (TPSA) is 133 Å². The zero-order valence-corrected chi connectivity index (χ0v) is 18.3. The monoisotopic (exact) mass is 439 g/mol. The highest BCUT2D eigenvalue weighted by molar-refractivity contribution is 5.91. The van der Waals surface area contributed by atoms with Crippen LogP contribution in [-0.2, 0) is 33.8 Å². The van der Waals surface area contributed by atoms with E-state index in [0.29, 0.717) is 6.42 Å². The van der Waals surface area contributed by atoms with Gasteiger partial charge in [0.1, 0.15) is 11.8 Å². The van der Waals surface area contributed by atoms with Gasteiger partial charge in [0.2, 0.25) is 11.8 Å². The van der Waals surface area contributed by atoms with Crippen molar-refractivity contribution in [3.63, 3.8) is 0 Å². The Morgan fingerprint density at radius 1 is 1.16 bits per heavy atom. The third-order valence-electron chi connectivity index (χ3n) is 5.89. The van der Waals surface area contributed by atoms with Gasteiger partial charge < -0.3 is 26.2 Å². The van der Waals surface area contributed by atoms with Gasteiger partial charge >= 0.3 is 5.97 Å². The van der Waals surface area contributed by atoms with E-state index in [1.807, 2.05) is 38.1 Å². The molecular formula is C24H29N3O5. The molecule has 0 aliphatic carbocycles. The lowest BCUT2D eigenvalue weighted by Gasteiger charge is -2.37. The van der Waals surface area contributed by atoms with Crippen LogP contribution >= 0.6 is 0 Å². The molecule has 1 heterocycles. The number of phenolic OH excluding ortho intramolecular Hbond substituents is 1. The summed E-state index contributed by atoms with van der Waals surface area (Å²) in [5.74, 6) is -1.58. The van der Waals surface area contributed by atoms with Gasteiger partial charge in [0, 0.05) is 19.5 Å². The highest BCUT2D eigenvalue weighted by Gasteiger charge is 2.36. The number of rotatable bonds is 7. The molecule has 0 fully saturated rings. The fourth-order valence-corrected chi connectivity index (χ4v) is 4.21. The number of carboxylic acids is 1. The highest BCUT2D eigenvalue weighted by atomic mass is 16.4. The molecule has 2 unspecified atom stereocenters. The molecule has 2 aromatic rings. The second kappa shape index (κ2) is 9.82. The first-order valence-corrected chi connectivity index (χ1v) is 10.6. The molecule has 32 heavy (non-hydrogen) atoms. The Morgan fingerprint density at radius 2 is 1.78 bits per heavy atom. The zero-order chi connectivity index (χ0) is 23.4. The summed E-state index contributed by atoms with van der Waals surface area (Å²) in [6, 6.07) is 9.27. The van der Waals surface area contributed by atoms with Crippen molar-refractivity contribution in [3.05, 3.63) is 64.2 Å². The summed E-state index contributed by atoms with van der Waals surface area (Å²) >= 11 is 0. The number of aromatic hydroxyl groups is 1. The highest BCUT2D eigenvalue weighted by Crippen LogP contribution is 2.26. The average Bonchev–Trinajstić information content (AvgIpc) is 2.74. The van der Waals surface area contributed by atoms with E-state index in [1.54, 1.807) is 12.1 Å². The predicted octanol–water partition coefficient (Wildman–Crippen LogP) is 1.42. The van der Waals surface area contributed by atoms with Crippen LogP contribution in [-0.4, -0.2) is 51.5 Å². The van der Waals surface area contributed by atoms with Crippen LogP contribution in [0.4, 0.5) is 0 Å². The molecule has 1 aliphatic rings. The van der Waals surface area contributed by atoms with Gasteiger partial charge in [-0.1, -0.05) is 24.3 Å². The van der Waals surface area contributed by atoms with Gasteiger partial charge in [0.15, 0.2) is 0 Å². The molecule has 170 valence electrons. The summed E-state index contributed by atoms with van der Waals surface area (Å²) in [4.78, 5) is 38.5. The number of nitrogens with zero attached hydrogens (tertiary/aromatic N) is 1. The Hall–Kier alpha value is -3.39. The predicted molar refractivity (Wildman–Crippen MR) is 119 cm³/mol. The van der Waals surface area contributed by atoms with Gasteiger partial charge in [-0.2, -0.15) is 0 Å². The van der Waals surface area contributed by atoms with E-state index in [4.69, 9.17) is 10.8 Å². The molecule has 0 saturated carbocycles. The average molecular weight is 440 g/mol. The van der Waals surface area contributed by atoms with E-state index < -0.39 is 24.0 Å². The van der Waals surface area contributed by atoms with E-state index >= 15 is 0 Å². The molecule has 2 atom stereocenters. The van der Waals surface area contributed by atoms with Crippen molar-refractivity contribution in [1.82, 2.24) is 10.2 Å². The summed E-state index contributed by atoms with van der Waals surface area (Å²) < 4.78 is 0. The zero-order valence-electron chi connectivity index (χ0n) is 18.3. The van der Waals surface area contributed by atoms with Crippen LogP contribution in [0.2, 0.25) is 0 Å². The van der Waals surface area contributed by atoms with Crippen molar-refractivity contribution < 1.29 is 24.6 Å². The Labute approximate surface area is 187 Å². The number of nitrogens with one attached hydrogen (secondary N) is 1. The van der Waals surface area contributed by atoms with E-state index in [9.17, 15) is 19.5 Å². The number of carbonyl (C=O) groups is 3. The van der Waals surface area contributed by atoms with Gasteiger partial charge in [0.05, 0.1) is 12.5 Å². The lowest BCUT2D eigenvalue weighted by molar-refractivity contribution is -0.143. The van der Waals surface area contributed by atoms with Crippen LogP contribution in [0.1, 0.15) is 34.2 Å². The van der Waals surface area contributed by atoms with Gasteiger partial charge in [0.25, 0.3) is 0 Å². The Morgan fingerprint density at radius 3 is 2.41 bits per heavy atom. The SMILES string of the molecule is Cc1cc(O)cc(C)c1CC(N)C(=O)N1Cc2ccccc2CC1C(=O)NCCC(=O)O. The van der Waals surface area contributed by atoms with Crippen molar-refractivity contribution >= 4 is 17.8 Å². The molecule has 2 aromatic carbocycles. The van der Waals surface area contributed by atoms with Crippen molar-refractivity contribution in [2.24, 2.45) is 5.73 Å². The molecule has 8 heteroatoms. The number of benzene rings is 2. The molecule has 0 spiro atoms. The smallest absolute Gasteiger partial charge is 0.305 e. The number of phenols is 1. The van der Waals surface area contributed by atoms with Crippen LogP contribution < -0.4 is 11.1 Å². The van der Waals surface area contributed by atoms with Crippen molar-refractivity contribution in [3.8, 4) is 5.75 Å². The fourth-order valence-electron chi connectivity index (χ4n) is 4.21. The van der Waals surface area contributed by atoms with Gasteiger partial charge in [-0.25, -0.2) is 0 Å². The van der Waals surface area contributed by atoms with Gasteiger partial charge in [-0.15, -0.1) is 0 Å². The lowest BCUT2D eigenvalue weighted by Crippen LogP contribution is -2.56. The van der Waals surface area contributed by atoms with Gasteiger partial charge in [-0.05, 0) is 60.2 Å². The first kappa shape index (κ1) is 23.3. The molecule has 0 radical (unpaired) electrons. The number of carbonyl (C=O) groups excluding carboxylic acids is 2. The summed E-state index contributed by atoms with van der Waals surface area (Å²) in [5.41, 5.74) is 10.8. The summed E-state index contributed by atoms with van der Waals surface area (Å²) in [7, 11) is 0. The Kier molecular flexibility index (Phi) is 7.15. The third-order valence-corrected chi connectivity index (χ3v) is 5.89. The first-order chi connectivity index (χ1) is 15.2. The van der Waals surface area contributed by atoms with Crippen LogP contribution in [0.3, 0.4) is 0 Å². The van der Waals surface area contributed by atoms with Crippen LogP contribution in [0.5, 0.6) is 5.75 Å². The maximum absolute atomic E-state index is 13.4. The van der Waals surface area contributed by atoms with Crippen LogP contribution in [0.15, 0.2) is 36.4 Å². The molecular weight excluding hydrogens is 410 g/mol. The molecule has 0 bridgehead atoms. The van der Waals surface area contributed by atoms with E-state index in [2.05, 4.69) is 5.32 Å². The number of hydrogen-bond acceptors (Lipinski definition) is 5. The van der Waals surface area contributed by atoms with E-state index in [0.717, 1.165) is 27.8 Å². The summed E-state index contributed by atoms with van der Waals surface area (Å²) in [5, 5.41) is 21.2. The van der Waals surface area contributed by atoms with Crippen LogP contribution in [0, 0.1) is 13.8 Å². The number of carboxylic acid groups (broad SMARTS) is 1. The second-order valence-corrected chi connectivity index (χ2v) is 8.26. The third kappa shape index (κ3) is 5.26. The molecule has 8 nitrogen and oxygen atoms in total. The second-order valence-electron chi connectivity index (χ2n) is 8.26. The molecule has 1 aliphatic heterocycles. The maximum Gasteiger partial charge on any atom is 0.305 e. The number of hydrogen-bond donors (Lipinski definition) is 4. The molecule has 2 amide bonds. The maximum atomic E-state index is 13.4. The summed E-state index contributed by atoms with van der Waals surface area (Å²) in [6.45, 7) is 3.96. The molecule has 3 rings (SSSR count). The van der Waals surface area contributed by atoms with E-state index in [-0.39, 0.29) is 37.6 Å². The lowest BCUT2D eigenvalue weighted by atomic mass is 9.91. The largest absolute Gasteiger partial charge is 0.508 e. The molecule has 0 saturated heterocycles. The minimum atomic E-state index is -1.01. The minimum Gasteiger partial charge on any atom is -0.508 e. The summed E-state index contributed by atoms with van der Waals surface area (Å²) in [6.07, 6.45) is 0.426. The Balaban J connectivity index is 1.82. The van der Waals surface area contributed by atoms with Crippen molar-refractivity contribution in [1.29, 1.82) is 0 Å². The normalized spacial score (nSPS) is 16.2. The standard InChI is InChI=1S/C24H29N3O5/c1-14-9-18(28)10-15(2)19(14)12-20(25)24(32)27-13-17-6-4-3-5-16(17)11-21(27)23(31)26-8-7-22(29)30/h3-6,9-10,20-21,28H,7-8,11-13,25H2,1-2H3,(H,26,31)(H,29,30).